The fraction of sp³-hybridized carbons (Fsp3) is 0.182. The first-order valence-electron chi connectivity index (χ1n) is 9.24. The average molecular weight is 375 g/mol. The lowest BCUT2D eigenvalue weighted by Crippen LogP contribution is -2.44. The number of nitrogens with zero attached hydrogens (tertiary/aromatic N) is 1. The molecule has 4 rings (SSSR count). The van der Waals surface area contributed by atoms with Crippen molar-refractivity contribution in [2.24, 2.45) is 0 Å². The first kappa shape index (κ1) is 17.9. The van der Waals surface area contributed by atoms with E-state index in [1.165, 1.54) is 5.39 Å². The van der Waals surface area contributed by atoms with Crippen LogP contribution in [0.4, 0.5) is 11.4 Å². The molecular formula is C22H21N3O3. The Morgan fingerprint density at radius 2 is 1.75 bits per heavy atom. The lowest BCUT2D eigenvalue weighted by molar-refractivity contribution is -0.133. The zero-order valence-electron chi connectivity index (χ0n) is 15.4. The van der Waals surface area contributed by atoms with Gasteiger partial charge in [-0.2, -0.15) is 0 Å². The molecule has 0 radical (unpaired) electrons. The van der Waals surface area contributed by atoms with E-state index in [-0.39, 0.29) is 25.0 Å². The fourth-order valence-corrected chi connectivity index (χ4v) is 3.35. The summed E-state index contributed by atoms with van der Waals surface area (Å²) in [6.45, 7) is 1.28. The molecule has 0 aliphatic carbocycles. The van der Waals surface area contributed by atoms with E-state index in [4.69, 9.17) is 4.74 Å². The second-order valence-electron chi connectivity index (χ2n) is 6.60. The van der Waals surface area contributed by atoms with E-state index < -0.39 is 0 Å². The monoisotopic (exact) mass is 375 g/mol. The summed E-state index contributed by atoms with van der Waals surface area (Å²) in [6.07, 6.45) is 0. The normalized spacial score (nSPS) is 13.0. The van der Waals surface area contributed by atoms with E-state index in [1.807, 2.05) is 36.4 Å². The lowest BCUT2D eigenvalue weighted by atomic mass is 10.1. The predicted molar refractivity (Wildman–Crippen MR) is 110 cm³/mol. The Morgan fingerprint density at radius 3 is 2.68 bits per heavy atom. The smallest absolute Gasteiger partial charge is 0.331 e. The van der Waals surface area contributed by atoms with Gasteiger partial charge in [0.05, 0.1) is 12.2 Å². The van der Waals surface area contributed by atoms with Crippen molar-refractivity contribution in [2.75, 3.05) is 36.4 Å². The van der Waals surface area contributed by atoms with Crippen molar-refractivity contribution in [3.05, 3.63) is 66.7 Å². The van der Waals surface area contributed by atoms with Gasteiger partial charge in [0, 0.05) is 24.2 Å². The molecule has 0 unspecified atom stereocenters. The molecule has 0 saturated heterocycles. The Labute approximate surface area is 163 Å². The van der Waals surface area contributed by atoms with Crippen LogP contribution in [0.1, 0.15) is 0 Å². The molecule has 1 heterocycles. The van der Waals surface area contributed by atoms with Crippen LogP contribution in [0.2, 0.25) is 0 Å². The number of esters is 1. The van der Waals surface area contributed by atoms with Gasteiger partial charge in [-0.1, -0.05) is 48.5 Å². The maximum Gasteiger partial charge on any atom is 0.331 e. The highest BCUT2D eigenvalue weighted by molar-refractivity contribution is 5.94. The summed E-state index contributed by atoms with van der Waals surface area (Å²) in [7, 11) is 0. The van der Waals surface area contributed by atoms with Gasteiger partial charge in [0.1, 0.15) is 6.54 Å². The van der Waals surface area contributed by atoms with Gasteiger partial charge in [0.2, 0.25) is 5.91 Å². The molecule has 2 N–H and O–H groups in total. The highest BCUT2D eigenvalue weighted by atomic mass is 16.5. The molecule has 1 amide bonds. The minimum Gasteiger partial charge on any atom is -0.423 e. The maximum absolute atomic E-state index is 12.3. The van der Waals surface area contributed by atoms with Crippen LogP contribution >= 0.6 is 0 Å². The van der Waals surface area contributed by atoms with Crippen molar-refractivity contribution in [2.45, 2.75) is 0 Å². The minimum atomic E-state index is -0.357. The van der Waals surface area contributed by atoms with Gasteiger partial charge in [-0.25, -0.2) is 4.79 Å². The van der Waals surface area contributed by atoms with Crippen molar-refractivity contribution >= 4 is 34.0 Å². The van der Waals surface area contributed by atoms with Crippen LogP contribution in [0.25, 0.3) is 10.8 Å². The molecular weight excluding hydrogens is 354 g/mol. The van der Waals surface area contributed by atoms with E-state index in [0.717, 1.165) is 16.8 Å². The number of fused-ring (bicyclic) bond motifs is 2. The Morgan fingerprint density at radius 1 is 0.964 bits per heavy atom. The molecule has 0 fully saturated rings. The van der Waals surface area contributed by atoms with Gasteiger partial charge in [0.15, 0.2) is 5.75 Å². The summed E-state index contributed by atoms with van der Waals surface area (Å²) in [6, 6.07) is 21.5. The van der Waals surface area contributed by atoms with Gasteiger partial charge in [-0.15, -0.1) is 0 Å². The molecule has 3 aromatic carbocycles. The quantitative estimate of drug-likeness (QED) is 0.394. The third kappa shape index (κ3) is 3.91. The fourth-order valence-electron chi connectivity index (χ4n) is 3.35. The standard InChI is InChI=1S/C22H21N3O3/c26-21(14-25-15-22(27)28-20-11-4-3-10-19(20)25)24-13-12-23-18-9-5-7-16-6-1-2-8-17(16)18/h1-11,23H,12-15H2,(H,24,26). The second-order valence-corrected chi connectivity index (χ2v) is 6.60. The van der Waals surface area contributed by atoms with E-state index in [1.54, 1.807) is 17.0 Å². The van der Waals surface area contributed by atoms with E-state index in [9.17, 15) is 9.59 Å². The molecule has 1 aliphatic heterocycles. The maximum atomic E-state index is 12.3. The van der Waals surface area contributed by atoms with Crippen LogP contribution in [0, 0.1) is 0 Å². The van der Waals surface area contributed by atoms with Crippen LogP contribution in [-0.2, 0) is 9.59 Å². The molecule has 0 saturated carbocycles. The zero-order valence-corrected chi connectivity index (χ0v) is 15.4. The van der Waals surface area contributed by atoms with Gasteiger partial charge in [-0.3, -0.25) is 4.79 Å². The number of anilines is 2. The topological polar surface area (TPSA) is 70.7 Å². The van der Waals surface area contributed by atoms with Crippen molar-refractivity contribution < 1.29 is 14.3 Å². The number of carbonyl (C=O) groups is 2. The summed E-state index contributed by atoms with van der Waals surface area (Å²) >= 11 is 0. The number of amides is 1. The van der Waals surface area contributed by atoms with Gasteiger partial charge in [0.25, 0.3) is 0 Å². The van der Waals surface area contributed by atoms with Gasteiger partial charge in [-0.05, 0) is 23.6 Å². The number of ether oxygens (including phenoxy) is 1. The lowest BCUT2D eigenvalue weighted by Gasteiger charge is -2.29. The summed E-state index contributed by atoms with van der Waals surface area (Å²) in [5.74, 6) is -0.00230. The zero-order chi connectivity index (χ0) is 19.3. The van der Waals surface area contributed by atoms with Crippen molar-refractivity contribution in [3.63, 3.8) is 0 Å². The SMILES string of the molecule is O=C(CN1CC(=O)Oc2ccccc21)NCCNc1cccc2ccccc12. The second kappa shape index (κ2) is 8.00. The van der Waals surface area contributed by atoms with E-state index in [0.29, 0.717) is 18.8 Å². The summed E-state index contributed by atoms with van der Waals surface area (Å²) in [4.78, 5) is 25.8. The largest absolute Gasteiger partial charge is 0.423 e. The van der Waals surface area contributed by atoms with Crippen LogP contribution in [-0.4, -0.2) is 38.1 Å². The number of carbonyl (C=O) groups excluding carboxylic acids is 2. The van der Waals surface area contributed by atoms with Crippen LogP contribution < -0.4 is 20.3 Å². The van der Waals surface area contributed by atoms with Crippen LogP contribution in [0.3, 0.4) is 0 Å². The molecule has 0 bridgehead atoms. The van der Waals surface area contributed by atoms with E-state index >= 15 is 0 Å². The summed E-state index contributed by atoms with van der Waals surface area (Å²) in [5.41, 5.74) is 1.80. The molecule has 142 valence electrons. The predicted octanol–water partition coefficient (Wildman–Crippen LogP) is 2.79. The number of benzene rings is 3. The molecule has 1 aliphatic rings. The van der Waals surface area contributed by atoms with Crippen molar-refractivity contribution in [1.29, 1.82) is 0 Å². The number of hydrogen-bond acceptors (Lipinski definition) is 5. The van der Waals surface area contributed by atoms with Gasteiger partial charge < -0.3 is 20.3 Å². The first-order chi connectivity index (χ1) is 13.7. The van der Waals surface area contributed by atoms with Crippen molar-refractivity contribution in [3.8, 4) is 5.75 Å². The number of hydrogen-bond donors (Lipinski definition) is 2. The average Bonchev–Trinajstić information content (AvgIpc) is 2.71. The molecule has 3 aromatic rings. The highest BCUT2D eigenvalue weighted by Gasteiger charge is 2.25. The Balaban J connectivity index is 1.30. The highest BCUT2D eigenvalue weighted by Crippen LogP contribution is 2.31. The Hall–Kier alpha value is -3.54. The minimum absolute atomic E-state index is 0.0681. The first-order valence-corrected chi connectivity index (χ1v) is 9.24. The Bertz CT molecular complexity index is 1010. The van der Waals surface area contributed by atoms with Gasteiger partial charge >= 0.3 is 5.97 Å². The molecule has 0 atom stereocenters. The summed E-state index contributed by atoms with van der Waals surface area (Å²) in [5, 5.41) is 8.59. The third-order valence-corrected chi connectivity index (χ3v) is 4.64. The number of nitrogens with one attached hydrogen (secondary N) is 2. The number of rotatable bonds is 6. The number of para-hydroxylation sites is 2. The third-order valence-electron chi connectivity index (χ3n) is 4.64. The van der Waals surface area contributed by atoms with Crippen LogP contribution in [0.5, 0.6) is 5.75 Å². The molecule has 6 nitrogen and oxygen atoms in total. The molecule has 0 spiro atoms. The molecule has 6 heteroatoms. The van der Waals surface area contributed by atoms with Crippen LogP contribution in [0.15, 0.2) is 66.7 Å². The molecule has 0 aromatic heterocycles. The van der Waals surface area contributed by atoms with Crippen molar-refractivity contribution in [1.82, 2.24) is 5.32 Å². The van der Waals surface area contributed by atoms with E-state index in [2.05, 4.69) is 28.8 Å². The summed E-state index contributed by atoms with van der Waals surface area (Å²) < 4.78 is 5.20. The Kier molecular flexibility index (Phi) is 5.10. The molecule has 28 heavy (non-hydrogen) atoms.